The van der Waals surface area contributed by atoms with Gasteiger partial charge in [-0.25, -0.2) is 18.4 Å². The molecule has 0 saturated carbocycles. The Bertz CT molecular complexity index is 1200. The van der Waals surface area contributed by atoms with E-state index in [1.807, 2.05) is 18.2 Å². The highest BCUT2D eigenvalue weighted by molar-refractivity contribution is 7.89. The number of carbonyl (C=O) groups excluding carboxylic acids is 1. The van der Waals surface area contributed by atoms with Gasteiger partial charge in [-0.1, -0.05) is 23.4 Å². The van der Waals surface area contributed by atoms with Crippen LogP contribution in [-0.2, 0) is 10.0 Å². The number of aromatic nitrogens is 3. The summed E-state index contributed by atoms with van der Waals surface area (Å²) in [6.45, 7) is 5.57. The first-order valence-corrected chi connectivity index (χ1v) is 11.3. The predicted molar refractivity (Wildman–Crippen MR) is 113 cm³/mol. The molecule has 0 radical (unpaired) electrons. The topological polar surface area (TPSA) is 118 Å². The summed E-state index contributed by atoms with van der Waals surface area (Å²) in [5, 5.41) is 6.58. The molecule has 1 aromatic carbocycles. The number of hydrogen-bond donors (Lipinski definition) is 1. The number of anilines is 1. The minimum atomic E-state index is -3.71. The highest BCUT2D eigenvalue weighted by Crippen LogP contribution is 2.32. The third kappa shape index (κ3) is 4.08. The van der Waals surface area contributed by atoms with Gasteiger partial charge in [-0.3, -0.25) is 4.79 Å². The smallest absolute Gasteiger partial charge is 0.259 e. The molecule has 1 amide bonds. The van der Waals surface area contributed by atoms with Crippen LogP contribution < -0.4 is 5.32 Å². The van der Waals surface area contributed by atoms with Crippen molar-refractivity contribution in [1.29, 1.82) is 0 Å². The number of hydrogen-bond acceptors (Lipinski definition) is 7. The van der Waals surface area contributed by atoms with Gasteiger partial charge in [0, 0.05) is 30.9 Å². The van der Waals surface area contributed by atoms with Gasteiger partial charge >= 0.3 is 0 Å². The van der Waals surface area contributed by atoms with Gasteiger partial charge in [0.25, 0.3) is 5.91 Å². The molecule has 1 aliphatic rings. The summed E-state index contributed by atoms with van der Waals surface area (Å²) < 4.78 is 32.5. The first kappa shape index (κ1) is 21.1. The Morgan fingerprint density at radius 3 is 2.55 bits per heavy atom. The van der Waals surface area contributed by atoms with Crippen molar-refractivity contribution < 1.29 is 17.7 Å². The van der Waals surface area contributed by atoms with E-state index in [2.05, 4.69) is 20.4 Å². The van der Waals surface area contributed by atoms with Crippen LogP contribution in [0.4, 0.5) is 5.69 Å². The molecule has 10 heteroatoms. The van der Waals surface area contributed by atoms with Crippen molar-refractivity contribution in [3.05, 3.63) is 65.1 Å². The fourth-order valence-electron chi connectivity index (χ4n) is 3.75. The van der Waals surface area contributed by atoms with Crippen LogP contribution >= 0.6 is 0 Å². The average Bonchev–Trinajstić information content (AvgIpc) is 3.36. The standard InChI is InChI=1S/C21H23N5O4S/c1-13-18(21(27)24-17-7-5-4-6-8-17)11-22-20(23-13)16-9-10-26(12-16)31(28,29)19-14(2)25-30-15(19)3/h4-8,11,16H,9-10,12H2,1-3H3,(H,24,27). The Morgan fingerprint density at radius 1 is 1.16 bits per heavy atom. The maximum absolute atomic E-state index is 13.0. The second-order valence-corrected chi connectivity index (χ2v) is 9.42. The Kier molecular flexibility index (Phi) is 5.59. The van der Waals surface area contributed by atoms with Crippen molar-refractivity contribution >= 4 is 21.6 Å². The summed E-state index contributed by atoms with van der Waals surface area (Å²) in [5.41, 5.74) is 1.96. The normalized spacial score (nSPS) is 17.1. The Labute approximate surface area is 180 Å². The van der Waals surface area contributed by atoms with E-state index in [1.54, 1.807) is 32.9 Å². The van der Waals surface area contributed by atoms with E-state index < -0.39 is 10.0 Å². The van der Waals surface area contributed by atoms with Gasteiger partial charge in [0.15, 0.2) is 5.76 Å². The molecule has 162 valence electrons. The van der Waals surface area contributed by atoms with Gasteiger partial charge in [0.2, 0.25) is 10.0 Å². The molecular formula is C21H23N5O4S. The first-order valence-electron chi connectivity index (χ1n) is 9.90. The molecule has 1 unspecified atom stereocenters. The summed E-state index contributed by atoms with van der Waals surface area (Å²) in [5.74, 6) is 0.372. The van der Waals surface area contributed by atoms with Crippen molar-refractivity contribution in [3.63, 3.8) is 0 Å². The summed E-state index contributed by atoms with van der Waals surface area (Å²) >= 11 is 0. The lowest BCUT2D eigenvalue weighted by molar-refractivity contribution is 0.102. The van der Waals surface area contributed by atoms with Crippen LogP contribution in [0.5, 0.6) is 0 Å². The van der Waals surface area contributed by atoms with Crippen LogP contribution in [0.25, 0.3) is 0 Å². The highest BCUT2D eigenvalue weighted by atomic mass is 32.2. The molecule has 1 saturated heterocycles. The lowest BCUT2D eigenvalue weighted by Crippen LogP contribution is -2.29. The molecule has 3 heterocycles. The lowest BCUT2D eigenvalue weighted by atomic mass is 10.1. The zero-order chi connectivity index (χ0) is 22.2. The summed E-state index contributed by atoms with van der Waals surface area (Å²) in [6.07, 6.45) is 2.10. The molecule has 4 rings (SSSR count). The Hall–Kier alpha value is -3.11. The number of nitrogens with one attached hydrogen (secondary N) is 1. The van der Waals surface area contributed by atoms with E-state index in [0.717, 1.165) is 0 Å². The Morgan fingerprint density at radius 2 is 1.90 bits per heavy atom. The molecular weight excluding hydrogens is 418 g/mol. The van der Waals surface area contributed by atoms with E-state index in [9.17, 15) is 13.2 Å². The summed E-state index contributed by atoms with van der Waals surface area (Å²) in [4.78, 5) is 21.6. The number of carbonyl (C=O) groups is 1. The maximum Gasteiger partial charge on any atom is 0.259 e. The molecule has 0 aliphatic carbocycles. The molecule has 0 bridgehead atoms. The molecule has 0 spiro atoms. The van der Waals surface area contributed by atoms with E-state index in [-0.39, 0.29) is 29.0 Å². The van der Waals surface area contributed by atoms with Crippen molar-refractivity contribution in [2.75, 3.05) is 18.4 Å². The van der Waals surface area contributed by atoms with Gasteiger partial charge in [0.1, 0.15) is 16.4 Å². The highest BCUT2D eigenvalue weighted by Gasteiger charge is 2.37. The van der Waals surface area contributed by atoms with Crippen LogP contribution in [0.1, 0.15) is 45.7 Å². The van der Waals surface area contributed by atoms with E-state index in [1.165, 1.54) is 10.5 Å². The lowest BCUT2D eigenvalue weighted by Gasteiger charge is -2.16. The monoisotopic (exact) mass is 441 g/mol. The zero-order valence-electron chi connectivity index (χ0n) is 17.5. The number of amides is 1. The zero-order valence-corrected chi connectivity index (χ0v) is 18.3. The molecule has 2 aromatic heterocycles. The van der Waals surface area contributed by atoms with Crippen molar-refractivity contribution in [3.8, 4) is 0 Å². The average molecular weight is 442 g/mol. The quantitative estimate of drug-likeness (QED) is 0.647. The van der Waals surface area contributed by atoms with Gasteiger partial charge in [-0.05, 0) is 39.3 Å². The molecule has 9 nitrogen and oxygen atoms in total. The van der Waals surface area contributed by atoms with Crippen LogP contribution in [0.3, 0.4) is 0 Å². The summed E-state index contributed by atoms with van der Waals surface area (Å²) in [6, 6.07) is 9.15. The number of benzene rings is 1. The van der Waals surface area contributed by atoms with Crippen molar-refractivity contribution in [2.45, 2.75) is 38.0 Å². The fourth-order valence-corrected chi connectivity index (χ4v) is 5.55. The largest absolute Gasteiger partial charge is 0.360 e. The van der Waals surface area contributed by atoms with Gasteiger partial charge in [0.05, 0.1) is 11.3 Å². The predicted octanol–water partition coefficient (Wildman–Crippen LogP) is 2.82. The number of aryl methyl sites for hydroxylation is 3. The fraction of sp³-hybridized carbons (Fsp3) is 0.333. The number of para-hydroxylation sites is 1. The Balaban J connectivity index is 1.50. The second kappa shape index (κ2) is 8.20. The van der Waals surface area contributed by atoms with Crippen LogP contribution in [0.15, 0.2) is 45.9 Å². The number of rotatable bonds is 5. The van der Waals surface area contributed by atoms with E-state index in [4.69, 9.17) is 4.52 Å². The van der Waals surface area contributed by atoms with E-state index >= 15 is 0 Å². The summed E-state index contributed by atoms with van der Waals surface area (Å²) in [7, 11) is -3.71. The maximum atomic E-state index is 13.0. The first-order chi connectivity index (χ1) is 14.8. The minimum absolute atomic E-state index is 0.123. The number of nitrogens with zero attached hydrogens (tertiary/aromatic N) is 4. The van der Waals surface area contributed by atoms with Crippen LogP contribution in [-0.4, -0.2) is 46.8 Å². The van der Waals surface area contributed by atoms with Gasteiger partial charge in [-0.15, -0.1) is 0 Å². The number of sulfonamides is 1. The van der Waals surface area contributed by atoms with Crippen LogP contribution in [0.2, 0.25) is 0 Å². The van der Waals surface area contributed by atoms with Crippen molar-refractivity contribution in [2.24, 2.45) is 0 Å². The van der Waals surface area contributed by atoms with Crippen LogP contribution in [0, 0.1) is 20.8 Å². The van der Waals surface area contributed by atoms with Gasteiger partial charge in [-0.2, -0.15) is 4.31 Å². The molecule has 1 atom stereocenters. The van der Waals surface area contributed by atoms with E-state index in [0.29, 0.717) is 41.4 Å². The third-order valence-corrected chi connectivity index (χ3v) is 7.47. The minimum Gasteiger partial charge on any atom is -0.360 e. The third-order valence-electron chi connectivity index (χ3n) is 5.36. The van der Waals surface area contributed by atoms with Crippen molar-refractivity contribution in [1.82, 2.24) is 19.4 Å². The molecule has 1 N–H and O–H groups in total. The van der Waals surface area contributed by atoms with Gasteiger partial charge < -0.3 is 9.84 Å². The second-order valence-electron chi connectivity index (χ2n) is 7.55. The molecule has 1 aliphatic heterocycles. The molecule has 1 fully saturated rings. The molecule has 3 aromatic rings. The molecule has 31 heavy (non-hydrogen) atoms. The SMILES string of the molecule is Cc1nc(C2CCN(S(=O)(=O)c3c(C)noc3C)C2)ncc1C(=O)Nc1ccccc1.